The lowest BCUT2D eigenvalue weighted by atomic mass is 9.70. The van der Waals surface area contributed by atoms with Crippen molar-refractivity contribution in [3.8, 4) is 33.4 Å². The molecule has 0 bridgehead atoms. The van der Waals surface area contributed by atoms with Crippen molar-refractivity contribution in [3.05, 3.63) is 222 Å². The number of hydrogen-bond donors (Lipinski definition) is 0. The van der Waals surface area contributed by atoms with Gasteiger partial charge in [0.1, 0.15) is 0 Å². The summed E-state index contributed by atoms with van der Waals surface area (Å²) in [4.78, 5) is 2.53. The molecule has 0 radical (unpaired) electrons. The number of hydrogen-bond acceptors (Lipinski definition) is 2. The van der Waals surface area contributed by atoms with Gasteiger partial charge in [-0.3, -0.25) is 0 Å². The molecule has 0 unspecified atom stereocenters. The van der Waals surface area contributed by atoms with E-state index in [9.17, 15) is 0 Å². The highest BCUT2D eigenvalue weighted by molar-refractivity contribution is 7.26. The van der Waals surface area contributed by atoms with Crippen LogP contribution in [0.15, 0.2) is 200 Å². The van der Waals surface area contributed by atoms with Gasteiger partial charge in [0, 0.05) is 26.7 Å². The number of fused-ring (bicyclic) bond motifs is 14. The molecule has 2 aliphatic rings. The minimum Gasteiger partial charge on any atom is -0.308 e. The Labute approximate surface area is 324 Å². The minimum atomic E-state index is -0.414. The zero-order valence-corrected chi connectivity index (χ0v) is 30.7. The van der Waals surface area contributed by atoms with Crippen molar-refractivity contribution in [2.45, 2.75) is 5.41 Å². The molecule has 12 rings (SSSR count). The van der Waals surface area contributed by atoms with Gasteiger partial charge in [-0.25, -0.2) is 0 Å². The van der Waals surface area contributed by atoms with E-state index in [0.29, 0.717) is 0 Å². The predicted molar refractivity (Wildman–Crippen MR) is 233 cm³/mol. The van der Waals surface area contributed by atoms with E-state index in [1.165, 1.54) is 98.0 Å². The first-order valence-electron chi connectivity index (χ1n) is 19.0. The molecule has 0 saturated heterocycles. The fraction of sp³-hybridized carbons (Fsp3) is 0.0189. The number of anilines is 3. The van der Waals surface area contributed by atoms with Crippen LogP contribution >= 0.6 is 11.3 Å². The van der Waals surface area contributed by atoms with Crippen LogP contribution in [0.4, 0.5) is 17.1 Å². The van der Waals surface area contributed by atoms with E-state index in [2.05, 4.69) is 205 Å². The Hall–Kier alpha value is -6.74. The van der Waals surface area contributed by atoms with E-state index in [1.54, 1.807) is 0 Å². The van der Waals surface area contributed by atoms with Crippen molar-refractivity contribution in [1.82, 2.24) is 0 Å². The number of benzene rings is 9. The first-order chi connectivity index (χ1) is 27.3. The molecule has 1 heterocycles. The average molecular weight is 716 g/mol. The Morgan fingerprint density at radius 1 is 0.364 bits per heavy atom. The molecule has 0 aliphatic heterocycles. The van der Waals surface area contributed by atoms with Crippen LogP contribution in [0.25, 0.3) is 64.3 Å². The zero-order chi connectivity index (χ0) is 36.1. The van der Waals surface area contributed by atoms with Crippen molar-refractivity contribution in [2.75, 3.05) is 4.90 Å². The van der Waals surface area contributed by atoms with Crippen LogP contribution in [-0.2, 0) is 5.41 Å². The van der Waals surface area contributed by atoms with Crippen LogP contribution < -0.4 is 4.90 Å². The van der Waals surface area contributed by atoms with E-state index < -0.39 is 5.41 Å². The molecule has 10 aromatic rings. The van der Waals surface area contributed by atoms with Crippen LogP contribution in [-0.4, -0.2) is 0 Å². The maximum Gasteiger partial charge on any atom is 0.0726 e. The SMILES string of the molecule is c1ccc2c(c1)-c1ccccc1C21c2ccccc2-c2c(N(c3ccc(-c4cccc5ccccc45)cc3)c3cccc4c3sc3ccccc34)cccc21. The van der Waals surface area contributed by atoms with E-state index in [1.807, 2.05) is 11.3 Å². The third kappa shape index (κ3) is 4.18. The van der Waals surface area contributed by atoms with E-state index in [-0.39, 0.29) is 0 Å². The Kier molecular flexibility index (Phi) is 6.49. The normalized spacial score (nSPS) is 13.2. The smallest absolute Gasteiger partial charge is 0.0726 e. The highest BCUT2D eigenvalue weighted by Crippen LogP contribution is 2.64. The first-order valence-corrected chi connectivity index (χ1v) is 19.8. The largest absolute Gasteiger partial charge is 0.308 e. The molecule has 1 aromatic heterocycles. The fourth-order valence-electron chi connectivity index (χ4n) is 9.89. The van der Waals surface area contributed by atoms with Crippen molar-refractivity contribution >= 4 is 59.3 Å². The summed E-state index contributed by atoms with van der Waals surface area (Å²) in [6.45, 7) is 0. The van der Waals surface area contributed by atoms with Crippen molar-refractivity contribution in [2.24, 2.45) is 0 Å². The highest BCUT2D eigenvalue weighted by atomic mass is 32.1. The molecule has 55 heavy (non-hydrogen) atoms. The second-order valence-electron chi connectivity index (χ2n) is 14.7. The van der Waals surface area contributed by atoms with Gasteiger partial charge in [0.05, 0.1) is 21.5 Å². The maximum atomic E-state index is 2.53. The summed E-state index contributed by atoms with van der Waals surface area (Å²) in [6.07, 6.45) is 0. The second-order valence-corrected chi connectivity index (χ2v) is 15.8. The quantitative estimate of drug-likeness (QED) is 0.175. The Balaban J connectivity index is 1.15. The summed E-state index contributed by atoms with van der Waals surface area (Å²) < 4.78 is 2.59. The standard InChI is InChI=1S/C53H33NS/c1-2-16-37-34(14-1)15-11-21-38(37)35-30-32-36(33-31-35)54(49-28-12-22-42-41-19-6-10-29-50(41)55-52(42)49)48-27-13-26-47-51(48)43-20-5-9-25-46(43)53(47)44-23-7-3-17-39(44)40-18-4-8-24-45(40)53/h1-33H. The van der Waals surface area contributed by atoms with Crippen molar-refractivity contribution in [1.29, 1.82) is 0 Å². The van der Waals surface area contributed by atoms with Crippen LogP contribution in [0.1, 0.15) is 22.3 Å². The lowest BCUT2D eigenvalue weighted by Gasteiger charge is -2.32. The Morgan fingerprint density at radius 3 is 1.67 bits per heavy atom. The average Bonchev–Trinajstić information content (AvgIpc) is 3.89. The lowest BCUT2D eigenvalue weighted by molar-refractivity contribution is 0.794. The summed E-state index contributed by atoms with van der Waals surface area (Å²) in [5, 5.41) is 5.12. The highest BCUT2D eigenvalue weighted by Gasteiger charge is 2.52. The van der Waals surface area contributed by atoms with Crippen molar-refractivity contribution < 1.29 is 0 Å². The van der Waals surface area contributed by atoms with Gasteiger partial charge >= 0.3 is 0 Å². The number of nitrogens with zero attached hydrogens (tertiary/aromatic N) is 1. The zero-order valence-electron chi connectivity index (χ0n) is 29.9. The van der Waals surface area contributed by atoms with Gasteiger partial charge in [0.25, 0.3) is 0 Å². The molecule has 9 aromatic carbocycles. The van der Waals surface area contributed by atoms with E-state index in [4.69, 9.17) is 0 Å². The predicted octanol–water partition coefficient (Wildman–Crippen LogP) is 14.7. The van der Waals surface area contributed by atoms with Crippen LogP contribution in [0.5, 0.6) is 0 Å². The molecule has 1 spiro atoms. The molecule has 256 valence electrons. The third-order valence-corrected chi connectivity index (χ3v) is 13.3. The maximum absolute atomic E-state index is 2.53. The van der Waals surface area contributed by atoms with Gasteiger partial charge in [-0.05, 0) is 91.2 Å². The summed E-state index contributed by atoms with van der Waals surface area (Å²) in [7, 11) is 0. The fourth-order valence-corrected chi connectivity index (χ4v) is 11.1. The molecular formula is C53H33NS. The van der Waals surface area contributed by atoms with Crippen LogP contribution in [0, 0.1) is 0 Å². The van der Waals surface area contributed by atoms with Gasteiger partial charge < -0.3 is 4.90 Å². The molecule has 0 N–H and O–H groups in total. The monoisotopic (exact) mass is 715 g/mol. The number of thiophene rings is 1. The molecular weight excluding hydrogens is 683 g/mol. The minimum absolute atomic E-state index is 0.414. The summed E-state index contributed by atoms with van der Waals surface area (Å²) in [6, 6.07) is 74.4. The summed E-state index contributed by atoms with van der Waals surface area (Å²) in [5.74, 6) is 0. The summed E-state index contributed by atoms with van der Waals surface area (Å²) >= 11 is 1.88. The van der Waals surface area contributed by atoms with Gasteiger partial charge in [0.15, 0.2) is 0 Å². The molecule has 0 fully saturated rings. The molecule has 2 heteroatoms. The van der Waals surface area contributed by atoms with Crippen molar-refractivity contribution in [3.63, 3.8) is 0 Å². The van der Waals surface area contributed by atoms with Gasteiger partial charge in [-0.2, -0.15) is 0 Å². The third-order valence-electron chi connectivity index (χ3n) is 12.1. The van der Waals surface area contributed by atoms with E-state index >= 15 is 0 Å². The van der Waals surface area contributed by atoms with Gasteiger partial charge in [-0.1, -0.05) is 170 Å². The molecule has 0 amide bonds. The molecule has 1 nitrogen and oxygen atoms in total. The van der Waals surface area contributed by atoms with Crippen LogP contribution in [0.3, 0.4) is 0 Å². The molecule has 2 aliphatic carbocycles. The Morgan fingerprint density at radius 2 is 0.891 bits per heavy atom. The number of rotatable bonds is 4. The topological polar surface area (TPSA) is 3.24 Å². The Bertz CT molecular complexity index is 3120. The summed E-state index contributed by atoms with van der Waals surface area (Å²) in [5.41, 5.74) is 16.2. The van der Waals surface area contributed by atoms with Crippen LogP contribution in [0.2, 0.25) is 0 Å². The molecule has 0 atom stereocenters. The molecule has 0 saturated carbocycles. The second kappa shape index (κ2) is 11.6. The first kappa shape index (κ1) is 30.7. The van der Waals surface area contributed by atoms with Gasteiger partial charge in [-0.15, -0.1) is 11.3 Å². The lowest BCUT2D eigenvalue weighted by Crippen LogP contribution is -2.26. The van der Waals surface area contributed by atoms with Gasteiger partial charge in [0.2, 0.25) is 0 Å². The van der Waals surface area contributed by atoms with E-state index in [0.717, 1.165) is 5.69 Å².